The van der Waals surface area contributed by atoms with Gasteiger partial charge >= 0.3 is 0 Å². The SMILES string of the molecule is Clc1ccccc1.N#CN. The maximum atomic E-state index is 7.10. The Morgan fingerprint density at radius 2 is 1.70 bits per heavy atom. The third kappa shape index (κ3) is 4.95. The van der Waals surface area contributed by atoms with E-state index in [2.05, 4.69) is 5.73 Å². The molecular weight excluding hydrogens is 148 g/mol. The van der Waals surface area contributed by atoms with Crippen molar-refractivity contribution in [1.29, 1.82) is 5.26 Å². The quantitative estimate of drug-likeness (QED) is 0.457. The monoisotopic (exact) mass is 154 g/mol. The zero-order valence-corrected chi connectivity index (χ0v) is 6.05. The summed E-state index contributed by atoms with van der Waals surface area (Å²) in [6, 6.07) is 9.44. The number of hydrogen-bond donors (Lipinski definition) is 1. The largest absolute Gasteiger partial charge is 0.337 e. The van der Waals surface area contributed by atoms with Crippen molar-refractivity contribution in [2.24, 2.45) is 5.73 Å². The number of hydrogen-bond acceptors (Lipinski definition) is 2. The molecule has 0 aliphatic heterocycles. The van der Waals surface area contributed by atoms with Gasteiger partial charge in [0.15, 0.2) is 6.19 Å². The number of halogens is 1. The second-order valence-corrected chi connectivity index (χ2v) is 1.86. The Labute approximate surface area is 64.8 Å². The fourth-order valence-corrected chi connectivity index (χ4v) is 0.560. The van der Waals surface area contributed by atoms with Crippen LogP contribution in [0.1, 0.15) is 0 Å². The molecule has 0 radical (unpaired) electrons. The van der Waals surface area contributed by atoms with E-state index >= 15 is 0 Å². The van der Waals surface area contributed by atoms with Gasteiger partial charge in [0.25, 0.3) is 0 Å². The molecule has 1 rings (SSSR count). The van der Waals surface area contributed by atoms with Crippen LogP contribution < -0.4 is 5.73 Å². The molecule has 52 valence electrons. The standard InChI is InChI=1S/C6H5Cl.CH2N2/c7-6-4-2-1-3-5-6;2-1-3/h1-5H;2H2. The lowest BCUT2D eigenvalue weighted by molar-refractivity contribution is 1.45. The highest BCUT2D eigenvalue weighted by molar-refractivity contribution is 6.30. The molecule has 2 nitrogen and oxygen atoms in total. The summed E-state index contributed by atoms with van der Waals surface area (Å²) < 4.78 is 0. The van der Waals surface area contributed by atoms with Gasteiger partial charge in [-0.3, -0.25) is 0 Å². The molecule has 0 bridgehead atoms. The predicted octanol–water partition coefficient (Wildman–Crippen LogP) is 1.77. The topological polar surface area (TPSA) is 49.8 Å². The zero-order chi connectivity index (χ0) is 7.82. The Morgan fingerprint density at radius 1 is 1.30 bits per heavy atom. The number of benzene rings is 1. The van der Waals surface area contributed by atoms with Crippen LogP contribution in [0.3, 0.4) is 0 Å². The molecule has 0 heterocycles. The summed E-state index contributed by atoms with van der Waals surface area (Å²) in [5.41, 5.74) is 4.15. The maximum absolute atomic E-state index is 7.10. The molecule has 1 aromatic rings. The van der Waals surface area contributed by atoms with Gasteiger partial charge < -0.3 is 5.73 Å². The summed E-state index contributed by atoms with van der Waals surface area (Å²) in [4.78, 5) is 0. The van der Waals surface area contributed by atoms with Crippen LogP contribution in [0.2, 0.25) is 5.02 Å². The molecule has 0 saturated heterocycles. The maximum Gasteiger partial charge on any atom is 0.173 e. The molecule has 10 heavy (non-hydrogen) atoms. The average Bonchev–Trinajstić information content (AvgIpc) is 1.91. The van der Waals surface area contributed by atoms with Crippen LogP contribution in [0, 0.1) is 11.5 Å². The smallest absolute Gasteiger partial charge is 0.173 e. The molecule has 0 atom stereocenters. The van der Waals surface area contributed by atoms with E-state index in [0.29, 0.717) is 0 Å². The highest BCUT2D eigenvalue weighted by Gasteiger charge is 1.74. The highest BCUT2D eigenvalue weighted by Crippen LogP contribution is 2.03. The van der Waals surface area contributed by atoms with Gasteiger partial charge in [-0.2, -0.15) is 5.26 Å². The van der Waals surface area contributed by atoms with Crippen molar-refractivity contribution < 1.29 is 0 Å². The normalized spacial score (nSPS) is 6.80. The first kappa shape index (κ1) is 8.80. The first-order chi connectivity index (χ1) is 4.81. The molecule has 3 heteroatoms. The second kappa shape index (κ2) is 5.93. The van der Waals surface area contributed by atoms with Crippen LogP contribution in [0.25, 0.3) is 0 Å². The van der Waals surface area contributed by atoms with Crippen LogP contribution in [0.4, 0.5) is 0 Å². The minimum atomic E-state index is 0.794. The van der Waals surface area contributed by atoms with E-state index in [-0.39, 0.29) is 0 Å². The Hall–Kier alpha value is -1.20. The number of nitriles is 1. The van der Waals surface area contributed by atoms with Crippen molar-refractivity contribution in [3.63, 3.8) is 0 Å². The average molecular weight is 155 g/mol. The van der Waals surface area contributed by atoms with Crippen LogP contribution in [-0.2, 0) is 0 Å². The van der Waals surface area contributed by atoms with Gasteiger partial charge in [0.05, 0.1) is 0 Å². The Balaban J connectivity index is 0.000000236. The van der Waals surface area contributed by atoms with Gasteiger partial charge in [-0.05, 0) is 12.1 Å². The lowest BCUT2D eigenvalue weighted by Crippen LogP contribution is -1.69. The third-order valence-electron chi connectivity index (χ3n) is 0.733. The molecular formula is C7H7ClN2. The number of nitrogens with zero attached hydrogens (tertiary/aromatic N) is 1. The lowest BCUT2D eigenvalue weighted by Gasteiger charge is -1.80. The van der Waals surface area contributed by atoms with E-state index in [4.69, 9.17) is 16.9 Å². The van der Waals surface area contributed by atoms with Gasteiger partial charge in [-0.1, -0.05) is 29.8 Å². The summed E-state index contributed by atoms with van der Waals surface area (Å²) >= 11 is 5.54. The Bertz CT molecular complexity index is 203. The van der Waals surface area contributed by atoms with E-state index in [1.54, 1.807) is 0 Å². The van der Waals surface area contributed by atoms with E-state index in [9.17, 15) is 0 Å². The third-order valence-corrected chi connectivity index (χ3v) is 0.985. The Kier molecular flexibility index (Phi) is 5.22. The number of rotatable bonds is 0. The van der Waals surface area contributed by atoms with Crippen molar-refractivity contribution in [1.82, 2.24) is 0 Å². The summed E-state index contributed by atoms with van der Waals surface area (Å²) in [5.74, 6) is 0. The lowest BCUT2D eigenvalue weighted by atomic mass is 10.4. The minimum absolute atomic E-state index is 0.794. The fraction of sp³-hybridized carbons (Fsp3) is 0. The van der Waals surface area contributed by atoms with Crippen LogP contribution in [0.15, 0.2) is 30.3 Å². The van der Waals surface area contributed by atoms with Crippen LogP contribution in [0.5, 0.6) is 0 Å². The van der Waals surface area contributed by atoms with E-state index < -0.39 is 0 Å². The van der Waals surface area contributed by atoms with Crippen molar-refractivity contribution in [3.8, 4) is 6.19 Å². The molecule has 1 aromatic carbocycles. The van der Waals surface area contributed by atoms with Crippen LogP contribution in [-0.4, -0.2) is 0 Å². The summed E-state index contributed by atoms with van der Waals surface area (Å²) in [6.45, 7) is 0. The second-order valence-electron chi connectivity index (χ2n) is 1.42. The van der Waals surface area contributed by atoms with Crippen molar-refractivity contribution in [2.45, 2.75) is 0 Å². The Morgan fingerprint density at radius 3 is 1.90 bits per heavy atom. The zero-order valence-electron chi connectivity index (χ0n) is 5.29. The summed E-state index contributed by atoms with van der Waals surface area (Å²) in [5, 5.41) is 7.89. The molecule has 0 fully saturated rings. The molecule has 0 unspecified atom stereocenters. The highest BCUT2D eigenvalue weighted by atomic mass is 35.5. The molecule has 0 saturated carbocycles. The van der Waals surface area contributed by atoms with Gasteiger partial charge in [-0.25, -0.2) is 0 Å². The fourth-order valence-electron chi connectivity index (χ4n) is 0.415. The first-order valence-electron chi connectivity index (χ1n) is 2.61. The molecule has 0 aromatic heterocycles. The molecule has 0 aliphatic rings. The predicted molar refractivity (Wildman–Crippen MR) is 41.3 cm³/mol. The van der Waals surface area contributed by atoms with E-state index in [1.165, 1.54) is 6.19 Å². The van der Waals surface area contributed by atoms with Crippen LogP contribution >= 0.6 is 11.6 Å². The van der Waals surface area contributed by atoms with Gasteiger partial charge in [-0.15, -0.1) is 0 Å². The summed E-state index contributed by atoms with van der Waals surface area (Å²) in [6.07, 6.45) is 1.25. The van der Waals surface area contributed by atoms with Gasteiger partial charge in [0.2, 0.25) is 0 Å². The number of nitrogens with two attached hydrogens (primary N) is 1. The van der Waals surface area contributed by atoms with Crippen molar-refractivity contribution in [3.05, 3.63) is 35.4 Å². The summed E-state index contributed by atoms with van der Waals surface area (Å²) in [7, 11) is 0. The van der Waals surface area contributed by atoms with Gasteiger partial charge in [0, 0.05) is 5.02 Å². The molecule has 0 aliphatic carbocycles. The molecule has 0 spiro atoms. The van der Waals surface area contributed by atoms with Gasteiger partial charge in [0.1, 0.15) is 0 Å². The first-order valence-corrected chi connectivity index (χ1v) is 2.99. The van der Waals surface area contributed by atoms with E-state index in [0.717, 1.165) is 5.02 Å². The van der Waals surface area contributed by atoms with Crippen molar-refractivity contribution >= 4 is 11.6 Å². The molecule has 0 amide bonds. The van der Waals surface area contributed by atoms with Crippen molar-refractivity contribution in [2.75, 3.05) is 0 Å². The minimum Gasteiger partial charge on any atom is -0.337 e. The molecule has 2 N–H and O–H groups in total. The van der Waals surface area contributed by atoms with E-state index in [1.807, 2.05) is 30.3 Å².